The number of carbonyl (C=O) groups is 1. The molecule has 1 aliphatic heterocycles. The van der Waals surface area contributed by atoms with Gasteiger partial charge in [-0.2, -0.15) is 0 Å². The van der Waals surface area contributed by atoms with E-state index in [9.17, 15) is 4.79 Å². The van der Waals surface area contributed by atoms with Gasteiger partial charge in [0.05, 0.1) is 12.1 Å². The Bertz CT molecular complexity index is 445. The third kappa shape index (κ3) is 2.58. The second-order valence-electron chi connectivity index (χ2n) is 5.72. The summed E-state index contributed by atoms with van der Waals surface area (Å²) in [6.07, 6.45) is 4.66. The second-order valence-corrected chi connectivity index (χ2v) is 5.72. The zero-order valence-corrected chi connectivity index (χ0v) is 11.3. The van der Waals surface area contributed by atoms with Crippen LogP contribution in [0.3, 0.4) is 0 Å². The fourth-order valence-corrected chi connectivity index (χ4v) is 3.53. The first-order valence-electron chi connectivity index (χ1n) is 7.16. The van der Waals surface area contributed by atoms with Crippen LogP contribution in [0, 0.1) is 5.92 Å². The highest BCUT2D eigenvalue weighted by Gasteiger charge is 2.40. The Morgan fingerprint density at radius 1 is 1.21 bits per heavy atom. The van der Waals surface area contributed by atoms with Gasteiger partial charge in [-0.15, -0.1) is 0 Å². The summed E-state index contributed by atoms with van der Waals surface area (Å²) >= 11 is 0. The van der Waals surface area contributed by atoms with E-state index < -0.39 is 0 Å². The first-order chi connectivity index (χ1) is 9.28. The summed E-state index contributed by atoms with van der Waals surface area (Å²) in [5, 5.41) is 3.53. The molecule has 1 saturated heterocycles. The molecule has 3 heteroatoms. The zero-order chi connectivity index (χ0) is 13.2. The normalized spacial score (nSPS) is 33.9. The minimum absolute atomic E-state index is 0.00648. The van der Waals surface area contributed by atoms with E-state index in [2.05, 4.69) is 5.32 Å². The number of ketones is 1. The van der Waals surface area contributed by atoms with E-state index in [4.69, 9.17) is 4.74 Å². The Hall–Kier alpha value is -1.19. The van der Waals surface area contributed by atoms with Crippen molar-refractivity contribution in [1.82, 2.24) is 5.32 Å². The van der Waals surface area contributed by atoms with Gasteiger partial charge in [0, 0.05) is 18.7 Å². The lowest BCUT2D eigenvalue weighted by Gasteiger charge is -2.30. The maximum absolute atomic E-state index is 12.4. The van der Waals surface area contributed by atoms with Crippen LogP contribution in [0.5, 0.6) is 0 Å². The molecule has 3 rings (SSSR count). The molecule has 19 heavy (non-hydrogen) atoms. The second kappa shape index (κ2) is 5.43. The lowest BCUT2D eigenvalue weighted by atomic mass is 9.83. The summed E-state index contributed by atoms with van der Waals surface area (Å²) in [4.78, 5) is 12.4. The average molecular weight is 259 g/mol. The van der Waals surface area contributed by atoms with Crippen LogP contribution in [0.15, 0.2) is 30.3 Å². The first kappa shape index (κ1) is 12.8. The van der Waals surface area contributed by atoms with Crippen molar-refractivity contribution < 1.29 is 9.53 Å². The van der Waals surface area contributed by atoms with Crippen LogP contribution in [0.1, 0.15) is 36.0 Å². The predicted molar refractivity (Wildman–Crippen MR) is 74.2 cm³/mol. The molecular formula is C16H21NO2. The molecule has 4 atom stereocenters. The van der Waals surface area contributed by atoms with Gasteiger partial charge in [0.2, 0.25) is 0 Å². The van der Waals surface area contributed by atoms with Gasteiger partial charge in [-0.3, -0.25) is 4.79 Å². The summed E-state index contributed by atoms with van der Waals surface area (Å²) in [5.74, 6) is 0.834. The van der Waals surface area contributed by atoms with Gasteiger partial charge >= 0.3 is 0 Å². The molecular weight excluding hydrogens is 238 g/mol. The molecule has 1 aromatic carbocycles. The Kier molecular flexibility index (Phi) is 3.67. The maximum Gasteiger partial charge on any atom is 0.179 e. The Balaban J connectivity index is 1.67. The standard InChI is InChI=1S/C16H21NO2/c1-19-13-7-8-14-12(9-13)10-15(17-14)16(18)11-5-3-2-4-6-11/h2-6,12-15,17H,7-10H2,1H3. The van der Waals surface area contributed by atoms with E-state index in [-0.39, 0.29) is 11.8 Å². The monoisotopic (exact) mass is 259 g/mol. The quantitative estimate of drug-likeness (QED) is 0.847. The topological polar surface area (TPSA) is 38.3 Å². The molecule has 0 amide bonds. The van der Waals surface area contributed by atoms with Crippen molar-refractivity contribution >= 4 is 5.78 Å². The van der Waals surface area contributed by atoms with Crippen LogP contribution in [0.25, 0.3) is 0 Å². The highest BCUT2D eigenvalue weighted by molar-refractivity contribution is 6.00. The lowest BCUT2D eigenvalue weighted by molar-refractivity contribution is 0.0469. The molecule has 1 saturated carbocycles. The Labute approximate surface area is 114 Å². The zero-order valence-electron chi connectivity index (χ0n) is 11.3. The smallest absolute Gasteiger partial charge is 0.179 e. The molecule has 0 aromatic heterocycles. The molecule has 2 fully saturated rings. The van der Waals surface area contributed by atoms with Crippen LogP contribution in [-0.2, 0) is 4.74 Å². The number of fused-ring (bicyclic) bond motifs is 1. The van der Waals surface area contributed by atoms with Crippen molar-refractivity contribution in [3.8, 4) is 0 Å². The fourth-order valence-electron chi connectivity index (χ4n) is 3.53. The van der Waals surface area contributed by atoms with Gasteiger partial charge in [0.15, 0.2) is 5.78 Å². The van der Waals surface area contributed by atoms with E-state index in [1.54, 1.807) is 7.11 Å². The SMILES string of the molecule is COC1CCC2NC(C(=O)c3ccccc3)CC2C1. The van der Waals surface area contributed by atoms with E-state index >= 15 is 0 Å². The summed E-state index contributed by atoms with van der Waals surface area (Å²) in [6.45, 7) is 0. The van der Waals surface area contributed by atoms with Crippen molar-refractivity contribution in [2.45, 2.75) is 43.9 Å². The van der Waals surface area contributed by atoms with Gasteiger partial charge < -0.3 is 10.1 Å². The number of Topliss-reactive ketones (excluding diaryl/α,β-unsaturated/α-hetero) is 1. The van der Waals surface area contributed by atoms with Gasteiger partial charge in [-0.25, -0.2) is 0 Å². The van der Waals surface area contributed by atoms with Crippen molar-refractivity contribution in [2.75, 3.05) is 7.11 Å². The van der Waals surface area contributed by atoms with E-state index in [0.717, 1.165) is 31.2 Å². The molecule has 102 valence electrons. The maximum atomic E-state index is 12.4. The van der Waals surface area contributed by atoms with Crippen LogP contribution in [0.2, 0.25) is 0 Å². The van der Waals surface area contributed by atoms with Crippen LogP contribution in [0.4, 0.5) is 0 Å². The molecule has 1 aliphatic carbocycles. The minimum atomic E-state index is -0.00648. The summed E-state index contributed by atoms with van der Waals surface area (Å²) in [6, 6.07) is 10.1. The van der Waals surface area contributed by atoms with Crippen LogP contribution >= 0.6 is 0 Å². The van der Waals surface area contributed by atoms with E-state index in [1.807, 2.05) is 30.3 Å². The van der Waals surface area contributed by atoms with E-state index in [1.165, 1.54) is 0 Å². The van der Waals surface area contributed by atoms with Crippen molar-refractivity contribution in [3.63, 3.8) is 0 Å². The Morgan fingerprint density at radius 3 is 2.74 bits per heavy atom. The molecule has 0 spiro atoms. The third-order valence-corrected chi connectivity index (χ3v) is 4.60. The molecule has 2 aliphatic rings. The number of rotatable bonds is 3. The van der Waals surface area contributed by atoms with Crippen molar-refractivity contribution in [1.29, 1.82) is 0 Å². The van der Waals surface area contributed by atoms with Crippen molar-refractivity contribution in [2.24, 2.45) is 5.92 Å². The number of benzene rings is 1. The summed E-state index contributed by atoms with van der Waals surface area (Å²) in [7, 11) is 1.79. The van der Waals surface area contributed by atoms with Crippen molar-refractivity contribution in [3.05, 3.63) is 35.9 Å². The highest BCUT2D eigenvalue weighted by atomic mass is 16.5. The molecule has 0 radical (unpaired) electrons. The number of nitrogens with one attached hydrogen (secondary N) is 1. The summed E-state index contributed by atoms with van der Waals surface area (Å²) < 4.78 is 5.47. The molecule has 4 unspecified atom stereocenters. The number of hydrogen-bond acceptors (Lipinski definition) is 3. The van der Waals surface area contributed by atoms with Gasteiger partial charge in [-0.05, 0) is 31.6 Å². The van der Waals surface area contributed by atoms with Gasteiger partial charge in [0.25, 0.3) is 0 Å². The molecule has 1 N–H and O–H groups in total. The van der Waals surface area contributed by atoms with E-state index in [0.29, 0.717) is 18.1 Å². The van der Waals surface area contributed by atoms with Gasteiger partial charge in [0.1, 0.15) is 0 Å². The fraction of sp³-hybridized carbons (Fsp3) is 0.562. The number of carbonyl (C=O) groups excluding carboxylic acids is 1. The lowest BCUT2D eigenvalue weighted by Crippen LogP contribution is -2.39. The molecule has 1 heterocycles. The van der Waals surface area contributed by atoms with Crippen LogP contribution in [-0.4, -0.2) is 31.1 Å². The number of hydrogen-bond donors (Lipinski definition) is 1. The van der Waals surface area contributed by atoms with Crippen LogP contribution < -0.4 is 5.32 Å². The number of ether oxygens (including phenoxy) is 1. The average Bonchev–Trinajstić information content (AvgIpc) is 2.90. The molecule has 0 bridgehead atoms. The predicted octanol–water partition coefficient (Wildman–Crippen LogP) is 2.41. The number of methoxy groups -OCH3 is 1. The minimum Gasteiger partial charge on any atom is -0.381 e. The Morgan fingerprint density at radius 2 is 2.00 bits per heavy atom. The highest BCUT2D eigenvalue weighted by Crippen LogP contribution is 2.35. The first-order valence-corrected chi connectivity index (χ1v) is 7.16. The molecule has 3 nitrogen and oxygen atoms in total. The largest absolute Gasteiger partial charge is 0.381 e. The third-order valence-electron chi connectivity index (χ3n) is 4.60. The summed E-state index contributed by atoms with van der Waals surface area (Å²) in [5.41, 5.74) is 0.821. The molecule has 1 aromatic rings. The van der Waals surface area contributed by atoms with Gasteiger partial charge in [-0.1, -0.05) is 30.3 Å².